The molecule has 142 valence electrons. The summed E-state index contributed by atoms with van der Waals surface area (Å²) in [5.41, 5.74) is 2.18. The van der Waals surface area contributed by atoms with Gasteiger partial charge in [0.1, 0.15) is 6.26 Å². The smallest absolute Gasteiger partial charge is 0.251 e. The monoisotopic (exact) mass is 405 g/mol. The zero-order valence-electron chi connectivity index (χ0n) is 15.1. The topological polar surface area (TPSA) is 101 Å². The summed E-state index contributed by atoms with van der Waals surface area (Å²) in [4.78, 5) is 17.8. The first kappa shape index (κ1) is 19.3. The number of aryl methyl sites for hydroxylation is 1. The number of oxazole rings is 1. The number of benzene rings is 1. The van der Waals surface area contributed by atoms with Crippen molar-refractivity contribution < 1.29 is 17.6 Å². The molecule has 0 atom stereocenters. The third kappa shape index (κ3) is 4.10. The number of carbonyl (C=O) groups excluding carboxylic acids is 1. The number of hydrogen-bond donors (Lipinski definition) is 2. The highest BCUT2D eigenvalue weighted by Gasteiger charge is 2.19. The minimum Gasteiger partial charge on any atom is -0.443 e. The molecule has 7 nitrogen and oxygen atoms in total. The molecule has 0 aliphatic carbocycles. The highest BCUT2D eigenvalue weighted by atomic mass is 32.2. The van der Waals surface area contributed by atoms with E-state index in [9.17, 15) is 13.2 Å². The van der Waals surface area contributed by atoms with Crippen LogP contribution in [0.2, 0.25) is 0 Å². The first-order valence-electron chi connectivity index (χ1n) is 8.13. The normalized spacial score (nSPS) is 11.5. The van der Waals surface area contributed by atoms with Gasteiger partial charge in [-0.05, 0) is 55.6 Å². The van der Waals surface area contributed by atoms with Crippen LogP contribution in [-0.4, -0.2) is 26.4 Å². The lowest BCUT2D eigenvalue weighted by atomic mass is 10.1. The maximum atomic E-state index is 12.5. The summed E-state index contributed by atoms with van der Waals surface area (Å²) in [6, 6.07) is 6.85. The van der Waals surface area contributed by atoms with Crippen molar-refractivity contribution in [2.45, 2.75) is 25.3 Å². The summed E-state index contributed by atoms with van der Waals surface area (Å²) in [6.07, 6.45) is 1.49. The van der Waals surface area contributed by atoms with Crippen molar-refractivity contribution in [1.82, 2.24) is 15.0 Å². The standard InChI is InChI=1S/C18H19N3O4S2/c1-11-7-13(8-16(12(11)2)27(23,24)19-3)17(22)20-9-14-10-25-18(21-14)15-5-4-6-26-15/h4-8,10,19H,9H2,1-3H3,(H,20,22). The summed E-state index contributed by atoms with van der Waals surface area (Å²) in [5.74, 6) is 0.120. The van der Waals surface area contributed by atoms with Crippen LogP contribution in [0.5, 0.6) is 0 Å². The quantitative estimate of drug-likeness (QED) is 0.657. The highest BCUT2D eigenvalue weighted by Crippen LogP contribution is 2.24. The number of hydrogen-bond acceptors (Lipinski definition) is 6. The molecule has 3 rings (SSSR count). The van der Waals surface area contributed by atoms with Crippen molar-refractivity contribution in [3.63, 3.8) is 0 Å². The number of amides is 1. The molecule has 1 aromatic carbocycles. The van der Waals surface area contributed by atoms with Crippen molar-refractivity contribution in [2.75, 3.05) is 7.05 Å². The molecule has 0 fully saturated rings. The van der Waals surface area contributed by atoms with E-state index in [1.165, 1.54) is 30.7 Å². The van der Waals surface area contributed by atoms with Crippen LogP contribution in [0.25, 0.3) is 10.8 Å². The lowest BCUT2D eigenvalue weighted by Gasteiger charge is -2.12. The zero-order chi connectivity index (χ0) is 19.6. The van der Waals surface area contributed by atoms with E-state index in [0.29, 0.717) is 17.1 Å². The predicted molar refractivity (Wildman–Crippen MR) is 103 cm³/mol. The maximum Gasteiger partial charge on any atom is 0.251 e. The van der Waals surface area contributed by atoms with Gasteiger partial charge >= 0.3 is 0 Å². The number of aromatic nitrogens is 1. The van der Waals surface area contributed by atoms with Crippen LogP contribution >= 0.6 is 11.3 Å². The molecule has 0 saturated carbocycles. The van der Waals surface area contributed by atoms with Gasteiger partial charge < -0.3 is 9.73 Å². The van der Waals surface area contributed by atoms with Crippen LogP contribution < -0.4 is 10.0 Å². The SMILES string of the molecule is CNS(=O)(=O)c1cc(C(=O)NCc2coc(-c3cccs3)n2)cc(C)c1C. The van der Waals surface area contributed by atoms with Crippen molar-refractivity contribution in [3.05, 3.63) is 58.3 Å². The van der Waals surface area contributed by atoms with Gasteiger partial charge in [0.05, 0.1) is 22.0 Å². The maximum absolute atomic E-state index is 12.5. The van der Waals surface area contributed by atoms with Gasteiger partial charge in [0.25, 0.3) is 5.91 Å². The number of sulfonamides is 1. The number of nitrogens with zero attached hydrogens (tertiary/aromatic N) is 1. The molecule has 9 heteroatoms. The number of carbonyl (C=O) groups is 1. The largest absolute Gasteiger partial charge is 0.443 e. The van der Waals surface area contributed by atoms with E-state index >= 15 is 0 Å². The van der Waals surface area contributed by atoms with Crippen molar-refractivity contribution in [2.24, 2.45) is 0 Å². The second kappa shape index (κ2) is 7.63. The molecule has 2 aromatic heterocycles. The Bertz CT molecular complexity index is 1070. The van der Waals surface area contributed by atoms with E-state index in [1.807, 2.05) is 17.5 Å². The molecule has 0 aliphatic rings. The van der Waals surface area contributed by atoms with E-state index < -0.39 is 10.0 Å². The van der Waals surface area contributed by atoms with E-state index in [4.69, 9.17) is 4.42 Å². The van der Waals surface area contributed by atoms with E-state index in [2.05, 4.69) is 15.0 Å². The Balaban J connectivity index is 1.77. The van der Waals surface area contributed by atoms with Gasteiger partial charge in [-0.25, -0.2) is 18.1 Å². The number of nitrogens with one attached hydrogen (secondary N) is 2. The van der Waals surface area contributed by atoms with Gasteiger partial charge in [0.15, 0.2) is 0 Å². The Kier molecular flexibility index (Phi) is 5.45. The van der Waals surface area contributed by atoms with E-state index in [1.54, 1.807) is 19.9 Å². The second-order valence-electron chi connectivity index (χ2n) is 5.93. The van der Waals surface area contributed by atoms with E-state index in [0.717, 1.165) is 10.4 Å². The van der Waals surface area contributed by atoms with Crippen LogP contribution in [0.1, 0.15) is 27.2 Å². The van der Waals surface area contributed by atoms with Gasteiger partial charge in [-0.15, -0.1) is 11.3 Å². The van der Waals surface area contributed by atoms with Crippen LogP contribution in [-0.2, 0) is 16.6 Å². The van der Waals surface area contributed by atoms with Gasteiger partial charge in [0, 0.05) is 5.56 Å². The molecule has 1 amide bonds. The molecule has 3 aromatic rings. The average Bonchev–Trinajstić information content (AvgIpc) is 3.33. The van der Waals surface area contributed by atoms with Gasteiger partial charge in [0.2, 0.25) is 15.9 Å². The third-order valence-corrected chi connectivity index (χ3v) is 6.55. The lowest BCUT2D eigenvalue weighted by molar-refractivity contribution is 0.0950. The summed E-state index contributed by atoms with van der Waals surface area (Å²) < 4.78 is 32.1. The third-order valence-electron chi connectivity index (χ3n) is 4.15. The number of thiophene rings is 1. The minimum absolute atomic E-state index is 0.0940. The zero-order valence-corrected chi connectivity index (χ0v) is 16.7. The molecule has 0 saturated heterocycles. The highest BCUT2D eigenvalue weighted by molar-refractivity contribution is 7.89. The number of rotatable bonds is 6. The van der Waals surface area contributed by atoms with Crippen LogP contribution in [0.15, 0.2) is 45.2 Å². The molecule has 2 heterocycles. The fourth-order valence-corrected chi connectivity index (χ4v) is 4.24. The molecule has 2 N–H and O–H groups in total. The first-order valence-corrected chi connectivity index (χ1v) is 10.5. The Morgan fingerprint density at radius 3 is 2.74 bits per heavy atom. The molecule has 27 heavy (non-hydrogen) atoms. The van der Waals surface area contributed by atoms with Crippen molar-refractivity contribution in [1.29, 1.82) is 0 Å². The molecule has 0 aliphatic heterocycles. The van der Waals surface area contributed by atoms with Gasteiger partial charge in [-0.1, -0.05) is 6.07 Å². The molecule has 0 spiro atoms. The minimum atomic E-state index is -3.65. The fourth-order valence-electron chi connectivity index (χ4n) is 2.52. The molecular weight excluding hydrogens is 386 g/mol. The molecule has 0 unspecified atom stereocenters. The Labute approximate surface area is 161 Å². The summed E-state index contributed by atoms with van der Waals surface area (Å²) in [6.45, 7) is 3.66. The molecule has 0 radical (unpaired) electrons. The molecule has 0 bridgehead atoms. The van der Waals surface area contributed by atoms with Gasteiger partial charge in [-0.2, -0.15) is 0 Å². The van der Waals surface area contributed by atoms with Crippen LogP contribution in [0, 0.1) is 13.8 Å². The Hall–Kier alpha value is -2.49. The fraction of sp³-hybridized carbons (Fsp3) is 0.222. The Morgan fingerprint density at radius 2 is 2.07 bits per heavy atom. The lowest BCUT2D eigenvalue weighted by Crippen LogP contribution is -2.25. The van der Waals surface area contributed by atoms with Gasteiger partial charge in [-0.3, -0.25) is 4.79 Å². The van der Waals surface area contributed by atoms with E-state index in [-0.39, 0.29) is 22.9 Å². The van der Waals surface area contributed by atoms with Crippen molar-refractivity contribution >= 4 is 27.3 Å². The second-order valence-corrected chi connectivity index (χ2v) is 8.73. The van der Waals surface area contributed by atoms with Crippen LogP contribution in [0.4, 0.5) is 0 Å². The summed E-state index contributed by atoms with van der Waals surface area (Å²) in [7, 11) is -2.31. The molecular formula is C18H19N3O4S2. The average molecular weight is 406 g/mol. The Morgan fingerprint density at radius 1 is 1.30 bits per heavy atom. The first-order chi connectivity index (χ1) is 12.8. The summed E-state index contributed by atoms with van der Waals surface area (Å²) >= 11 is 1.51. The van der Waals surface area contributed by atoms with Crippen LogP contribution in [0.3, 0.4) is 0 Å². The van der Waals surface area contributed by atoms with Crippen molar-refractivity contribution in [3.8, 4) is 10.8 Å². The predicted octanol–water partition coefficient (Wildman–Crippen LogP) is 2.86. The summed E-state index contributed by atoms with van der Waals surface area (Å²) in [5, 5.41) is 4.67.